The number of nitrogens with zero attached hydrogens (tertiary/aromatic N) is 3. The van der Waals surface area contributed by atoms with Crippen LogP contribution in [-0.2, 0) is 0 Å². The van der Waals surface area contributed by atoms with Gasteiger partial charge in [-0.25, -0.2) is 14.4 Å². The lowest BCUT2D eigenvalue weighted by Crippen LogP contribution is -2.35. The van der Waals surface area contributed by atoms with Crippen LogP contribution in [0.2, 0.25) is 0 Å². The molecule has 3 rings (SSSR count). The molecule has 29 heavy (non-hydrogen) atoms. The summed E-state index contributed by atoms with van der Waals surface area (Å²) >= 11 is 0. The van der Waals surface area contributed by atoms with Crippen LogP contribution in [0.15, 0.2) is 39.0 Å². The third kappa shape index (κ3) is 7.13. The Morgan fingerprint density at radius 1 is 0.828 bits per heavy atom. The van der Waals surface area contributed by atoms with Crippen LogP contribution < -0.4 is 22.3 Å². The number of rotatable bonds is 3. The first-order valence-corrected chi connectivity index (χ1v) is 9.66. The van der Waals surface area contributed by atoms with Gasteiger partial charge in [0.2, 0.25) is 0 Å². The summed E-state index contributed by atoms with van der Waals surface area (Å²) in [5.74, 6) is 0. The smallest absolute Gasteiger partial charge is 0.328 e. The second kappa shape index (κ2) is 11.1. The summed E-state index contributed by atoms with van der Waals surface area (Å²) in [5.41, 5.74) is -0.652. The highest BCUT2D eigenvalue weighted by Crippen LogP contribution is 2.01. The molecule has 0 aromatic carbocycles. The first kappa shape index (κ1) is 24.0. The minimum absolute atomic E-state index is 0.0370. The lowest BCUT2D eigenvalue weighted by atomic mass is 10.3. The van der Waals surface area contributed by atoms with Crippen LogP contribution >= 0.6 is 0 Å². The number of aromatic amines is 2. The zero-order valence-electron chi connectivity index (χ0n) is 17.9. The molecule has 2 aromatic heterocycles. The molecule has 0 bridgehead atoms. The molecule has 0 spiro atoms. The van der Waals surface area contributed by atoms with Crippen LogP contribution in [-0.4, -0.2) is 49.2 Å². The van der Waals surface area contributed by atoms with Gasteiger partial charge in [-0.15, -0.1) is 0 Å². The molecule has 1 aliphatic rings. The Hall–Kier alpha value is -3.04. The Balaban J connectivity index is 0.000000219. The molecule has 3 heterocycles. The Morgan fingerprint density at radius 2 is 1.45 bits per heavy atom. The molecule has 0 radical (unpaired) electrons. The van der Waals surface area contributed by atoms with E-state index in [1.165, 1.54) is 16.8 Å². The van der Waals surface area contributed by atoms with Crippen molar-refractivity contribution < 1.29 is 4.79 Å². The summed E-state index contributed by atoms with van der Waals surface area (Å²) in [5, 5.41) is 2.74. The Labute approximate surface area is 169 Å². The van der Waals surface area contributed by atoms with Gasteiger partial charge in [0.1, 0.15) is 0 Å². The Morgan fingerprint density at radius 3 is 1.72 bits per heavy atom. The fourth-order valence-corrected chi connectivity index (χ4v) is 2.64. The SMILES string of the molecule is CC(C)N1CCNC1=O.CC(C)n1c(=O)cc[nH]c1=O.CC(C)n1cc[nH]c1=O. The van der Waals surface area contributed by atoms with Crippen molar-refractivity contribution in [2.45, 2.75) is 59.7 Å². The maximum Gasteiger partial charge on any atom is 0.328 e. The second-order valence-corrected chi connectivity index (χ2v) is 7.37. The highest BCUT2D eigenvalue weighted by Gasteiger charge is 2.21. The standard InChI is InChI=1S/C7H10N2O2.C6H12N2O.C6H10N2O/c1-5(2)9-6(10)3-4-8-7(9)11;2*1-5(2)8-4-3-7-6(8)9/h3-5H,1-2H3,(H,8,11);5H,3-4H2,1-2H3,(H,7,9);3-5H,1-2H3,(H,7,9). The molecule has 0 atom stereocenters. The van der Waals surface area contributed by atoms with Crippen LogP contribution in [0, 0.1) is 0 Å². The molecule has 3 N–H and O–H groups in total. The number of amides is 2. The molecule has 1 fully saturated rings. The second-order valence-electron chi connectivity index (χ2n) is 7.37. The molecule has 10 nitrogen and oxygen atoms in total. The van der Waals surface area contributed by atoms with Crippen molar-refractivity contribution in [3.63, 3.8) is 0 Å². The van der Waals surface area contributed by atoms with Crippen LogP contribution in [0.4, 0.5) is 4.79 Å². The maximum absolute atomic E-state index is 11.0. The van der Waals surface area contributed by atoms with Crippen molar-refractivity contribution in [1.29, 1.82) is 0 Å². The summed E-state index contributed by atoms with van der Waals surface area (Å²) in [6.45, 7) is 13.2. The van der Waals surface area contributed by atoms with Gasteiger partial charge in [-0.3, -0.25) is 13.9 Å². The largest absolute Gasteiger partial charge is 0.336 e. The van der Waals surface area contributed by atoms with Gasteiger partial charge < -0.3 is 20.2 Å². The zero-order chi connectivity index (χ0) is 22.1. The predicted octanol–water partition coefficient (Wildman–Crippen LogP) is 1.29. The van der Waals surface area contributed by atoms with E-state index in [0.29, 0.717) is 6.04 Å². The van der Waals surface area contributed by atoms with Crippen molar-refractivity contribution in [2.75, 3.05) is 13.1 Å². The number of H-pyrrole nitrogens is 2. The topological polar surface area (TPSA) is 125 Å². The molecular weight excluding hydrogens is 376 g/mol. The molecule has 0 saturated carbocycles. The van der Waals surface area contributed by atoms with E-state index in [0.717, 1.165) is 13.1 Å². The summed E-state index contributed by atoms with van der Waals surface area (Å²) < 4.78 is 2.81. The molecule has 162 valence electrons. The highest BCUT2D eigenvalue weighted by molar-refractivity contribution is 5.76. The van der Waals surface area contributed by atoms with Gasteiger partial charge in [-0.2, -0.15) is 0 Å². The van der Waals surface area contributed by atoms with E-state index in [2.05, 4.69) is 15.3 Å². The molecule has 1 aliphatic heterocycles. The number of aromatic nitrogens is 4. The minimum atomic E-state index is -0.354. The Kier molecular flexibility index (Phi) is 9.17. The van der Waals surface area contributed by atoms with Crippen molar-refractivity contribution in [3.8, 4) is 0 Å². The number of nitrogens with one attached hydrogen (secondary N) is 3. The number of urea groups is 1. The summed E-state index contributed by atoms with van der Waals surface area (Å²) in [4.78, 5) is 50.4. The van der Waals surface area contributed by atoms with Gasteiger partial charge in [0.05, 0.1) is 0 Å². The molecule has 0 unspecified atom stereocenters. The van der Waals surface area contributed by atoms with Crippen LogP contribution in [0.3, 0.4) is 0 Å². The van der Waals surface area contributed by atoms with E-state index in [9.17, 15) is 19.2 Å². The Bertz CT molecular complexity index is 906. The lowest BCUT2D eigenvalue weighted by molar-refractivity contribution is 0.206. The third-order valence-corrected chi connectivity index (χ3v) is 4.15. The molecule has 2 amide bonds. The first-order valence-electron chi connectivity index (χ1n) is 9.66. The summed E-state index contributed by atoms with van der Waals surface area (Å²) in [6.07, 6.45) is 4.73. The number of hydrogen-bond acceptors (Lipinski definition) is 4. The fraction of sp³-hybridized carbons (Fsp3) is 0.579. The number of imidazole rings is 1. The third-order valence-electron chi connectivity index (χ3n) is 4.15. The summed E-state index contributed by atoms with van der Waals surface area (Å²) in [6, 6.07) is 1.91. The van der Waals surface area contributed by atoms with Crippen LogP contribution in [0.5, 0.6) is 0 Å². The van der Waals surface area contributed by atoms with E-state index in [1.807, 2.05) is 32.6 Å². The van der Waals surface area contributed by atoms with Crippen molar-refractivity contribution in [2.24, 2.45) is 0 Å². The van der Waals surface area contributed by atoms with Gasteiger partial charge in [0.25, 0.3) is 5.56 Å². The first-order chi connectivity index (χ1) is 13.6. The van der Waals surface area contributed by atoms with Gasteiger partial charge in [0, 0.05) is 55.9 Å². The minimum Gasteiger partial charge on any atom is -0.336 e. The number of carbonyl (C=O) groups excluding carboxylic acids is 1. The van der Waals surface area contributed by atoms with E-state index in [-0.39, 0.29) is 35.1 Å². The monoisotopic (exact) mass is 408 g/mol. The van der Waals surface area contributed by atoms with E-state index >= 15 is 0 Å². The quantitative estimate of drug-likeness (QED) is 0.708. The number of carbonyl (C=O) groups is 1. The van der Waals surface area contributed by atoms with E-state index in [1.54, 1.807) is 30.8 Å². The van der Waals surface area contributed by atoms with Crippen LogP contribution in [0.25, 0.3) is 0 Å². The van der Waals surface area contributed by atoms with Crippen molar-refractivity contribution in [3.05, 3.63) is 56.0 Å². The number of hydrogen-bond donors (Lipinski definition) is 3. The molecule has 10 heteroatoms. The highest BCUT2D eigenvalue weighted by atomic mass is 16.2. The predicted molar refractivity (Wildman–Crippen MR) is 112 cm³/mol. The maximum atomic E-state index is 11.0. The van der Waals surface area contributed by atoms with Gasteiger partial charge in [0.15, 0.2) is 0 Å². The molecule has 2 aromatic rings. The van der Waals surface area contributed by atoms with Crippen molar-refractivity contribution >= 4 is 6.03 Å². The van der Waals surface area contributed by atoms with Gasteiger partial charge >= 0.3 is 17.4 Å². The van der Waals surface area contributed by atoms with E-state index < -0.39 is 0 Å². The molecule has 0 aliphatic carbocycles. The van der Waals surface area contributed by atoms with E-state index in [4.69, 9.17) is 0 Å². The normalized spacial score (nSPS) is 13.1. The van der Waals surface area contributed by atoms with Gasteiger partial charge in [-0.1, -0.05) is 0 Å². The average Bonchev–Trinajstić information content (AvgIpc) is 3.23. The van der Waals surface area contributed by atoms with Crippen molar-refractivity contribution in [1.82, 2.24) is 29.3 Å². The lowest BCUT2D eigenvalue weighted by Gasteiger charge is -2.17. The summed E-state index contributed by atoms with van der Waals surface area (Å²) in [7, 11) is 0. The molecule has 1 saturated heterocycles. The van der Waals surface area contributed by atoms with Crippen LogP contribution in [0.1, 0.15) is 53.6 Å². The zero-order valence-corrected chi connectivity index (χ0v) is 17.9. The molecular formula is C19H32N6O4. The fourth-order valence-electron chi connectivity index (χ4n) is 2.64. The average molecular weight is 409 g/mol. The van der Waals surface area contributed by atoms with Gasteiger partial charge in [-0.05, 0) is 41.5 Å².